The number of aliphatic hydroxyl groups is 2. The van der Waals surface area contributed by atoms with Gasteiger partial charge in [-0.1, -0.05) is 97.3 Å². The van der Waals surface area contributed by atoms with Gasteiger partial charge in [-0.15, -0.1) is 0 Å². The van der Waals surface area contributed by atoms with Crippen molar-refractivity contribution in [3.63, 3.8) is 0 Å². The smallest absolute Gasteiger partial charge is 0.308 e. The Bertz CT molecular complexity index is 2530. The summed E-state index contributed by atoms with van der Waals surface area (Å²) >= 11 is 0. The van der Waals surface area contributed by atoms with Crippen LogP contribution in [0.15, 0.2) is 34.9 Å². The maximum absolute atomic E-state index is 12.3. The van der Waals surface area contributed by atoms with E-state index >= 15 is 0 Å². The largest absolute Gasteiger partial charge is 0.469 e. The molecule has 0 amide bonds. The molecule has 85 heavy (non-hydrogen) atoms. The lowest BCUT2D eigenvalue weighted by molar-refractivity contribution is -0.152. The Labute approximate surface area is 514 Å². The molecule has 10 nitrogen and oxygen atoms in total. The average Bonchev–Trinajstić information content (AvgIpc) is 1.85. The summed E-state index contributed by atoms with van der Waals surface area (Å²) in [5.41, 5.74) is 7.17. The monoisotopic (exact) mass is 1180 g/mol. The molecule has 0 aliphatic heterocycles. The molecule has 12 rings (SSSR count). The van der Waals surface area contributed by atoms with Gasteiger partial charge >= 0.3 is 23.9 Å². The molecule has 0 heterocycles. The lowest BCUT2D eigenvalue weighted by Gasteiger charge is -2.57. The summed E-state index contributed by atoms with van der Waals surface area (Å²) in [6.45, 7) is 27.3. The number of hydrogen-bond acceptors (Lipinski definition) is 10. The minimum absolute atomic E-state index is 0.0176. The van der Waals surface area contributed by atoms with Crippen LogP contribution in [0.1, 0.15) is 250 Å². The highest BCUT2D eigenvalue weighted by Gasteiger charge is 2.62. The number of methoxy groups -OCH3 is 1. The molecular weight excluding hydrogens is 1060 g/mol. The fourth-order valence-electron chi connectivity index (χ4n) is 24.3. The molecule has 9 unspecified atom stereocenters. The zero-order valence-electron chi connectivity index (χ0n) is 55.6. The van der Waals surface area contributed by atoms with Crippen LogP contribution >= 0.6 is 0 Å². The number of carbonyl (C=O) groups excluding carboxylic acids is 4. The fraction of sp³-hybridized carbons (Fsp3) is 0.867. The van der Waals surface area contributed by atoms with E-state index in [9.17, 15) is 29.4 Å². The molecule has 0 bridgehead atoms. The first-order valence-electron chi connectivity index (χ1n) is 35.2. The van der Waals surface area contributed by atoms with Crippen molar-refractivity contribution in [3.05, 3.63) is 34.9 Å². The lowest BCUT2D eigenvalue weighted by Crippen LogP contribution is -2.49. The number of carbonyl (C=O) groups is 4. The molecule has 24 atom stereocenters. The summed E-state index contributed by atoms with van der Waals surface area (Å²) in [6, 6.07) is 0. The number of aliphatic hydroxyl groups excluding tert-OH is 2. The van der Waals surface area contributed by atoms with Crippen molar-refractivity contribution in [1.29, 1.82) is 0 Å². The molecule has 10 heteroatoms. The van der Waals surface area contributed by atoms with Crippen LogP contribution in [0.2, 0.25) is 0 Å². The van der Waals surface area contributed by atoms with Crippen LogP contribution in [0.3, 0.4) is 0 Å². The highest BCUT2D eigenvalue weighted by molar-refractivity contribution is 5.72. The van der Waals surface area contributed by atoms with Gasteiger partial charge in [0.1, 0.15) is 12.2 Å². The number of allylic oxidation sites excluding steroid dienone is 6. The Hall–Kier alpha value is -2.98. The zero-order chi connectivity index (χ0) is 61.2. The van der Waals surface area contributed by atoms with Crippen LogP contribution in [-0.2, 0) is 38.1 Å². The SMILES string of the molecule is CC(=O)OCC[C@@H](C)[C@H]1CCC2C3CCC4C[C@H](OC(C)=O)CC[C@]4(C)C3=CC[C@@]21C.COC(=O)[C@@H](C)[C@H]1CCC2C3CCC4C[C@H](OC(C)=O)CC[C@]4(C)C3=CC[C@@]21C.C[C@H](CCO)[C@H]1CCC2C3CCC4C[C@H](O)CC[C@]4(C)C3=CC[C@@]21C. The van der Waals surface area contributed by atoms with Crippen molar-refractivity contribution >= 4 is 23.9 Å². The summed E-state index contributed by atoms with van der Waals surface area (Å²) in [5.74, 6) is 9.14. The Morgan fingerprint density at radius 1 is 0.506 bits per heavy atom. The van der Waals surface area contributed by atoms with Gasteiger partial charge in [-0.05, 0) is 282 Å². The fourth-order valence-corrected chi connectivity index (χ4v) is 24.3. The Balaban J connectivity index is 0.000000143. The van der Waals surface area contributed by atoms with E-state index in [1.807, 2.05) is 0 Å². The van der Waals surface area contributed by atoms with E-state index in [0.717, 1.165) is 113 Å². The van der Waals surface area contributed by atoms with E-state index in [-0.39, 0.29) is 58.9 Å². The highest BCUT2D eigenvalue weighted by atomic mass is 16.5. The molecule has 0 aromatic rings. The molecule has 2 N–H and O–H groups in total. The summed E-state index contributed by atoms with van der Waals surface area (Å²) < 4.78 is 21.5. The number of rotatable bonds is 11. The van der Waals surface area contributed by atoms with Gasteiger partial charge < -0.3 is 29.2 Å². The highest BCUT2D eigenvalue weighted by Crippen LogP contribution is 2.70. The minimum Gasteiger partial charge on any atom is -0.469 e. The van der Waals surface area contributed by atoms with Crippen molar-refractivity contribution in [2.24, 2.45) is 121 Å². The molecule has 9 fully saturated rings. The van der Waals surface area contributed by atoms with Gasteiger partial charge in [-0.2, -0.15) is 0 Å². The van der Waals surface area contributed by atoms with E-state index in [1.165, 1.54) is 111 Å². The molecular formula is C75H118O10. The van der Waals surface area contributed by atoms with Crippen LogP contribution < -0.4 is 0 Å². The van der Waals surface area contributed by atoms with Crippen LogP contribution in [0, 0.1) is 121 Å². The summed E-state index contributed by atoms with van der Waals surface area (Å²) in [4.78, 5) is 46.3. The van der Waals surface area contributed by atoms with Crippen molar-refractivity contribution in [3.8, 4) is 0 Å². The second-order valence-corrected chi connectivity index (χ2v) is 32.7. The maximum Gasteiger partial charge on any atom is 0.308 e. The van der Waals surface area contributed by atoms with Gasteiger partial charge in [0.05, 0.1) is 25.7 Å². The quantitative estimate of drug-likeness (QED) is 0.116. The topological polar surface area (TPSA) is 146 Å². The minimum atomic E-state index is -0.165. The van der Waals surface area contributed by atoms with E-state index in [1.54, 1.807) is 23.6 Å². The van der Waals surface area contributed by atoms with Crippen molar-refractivity contribution in [1.82, 2.24) is 0 Å². The molecule has 0 spiro atoms. The Morgan fingerprint density at radius 3 is 1.29 bits per heavy atom. The average molecular weight is 1180 g/mol. The second-order valence-electron chi connectivity index (χ2n) is 32.7. The first-order chi connectivity index (χ1) is 40.2. The van der Waals surface area contributed by atoms with Gasteiger partial charge in [-0.25, -0.2) is 0 Å². The standard InChI is InChI=1S/C27H42O4.C25H38O4.C23H38O2/c1-17(12-15-30-18(2)28)23-8-9-24-22-7-6-20-16-21(31-19(3)29)10-13-26(20,4)25(22)11-14-27(23,24)5;1-15(23(27)28-5)20-8-9-21-19-7-6-17-14-18(29-16(2)26)10-12-24(17,3)22(19)11-13-25(20,21)4;1-15(10-13-24)19-6-7-20-18-5-4-16-14-17(25)8-11-22(16,2)21(18)9-12-23(19,20)3/h11,17,20-24H,6-10,12-16H2,1-5H3;11,15,17-21H,6-10,12-14H2,1-5H3;9,15-20,24-25H,4-8,10-14H2,1-3H3/t17-,20?,21-,22?,23-,24?,26+,27-;15-,17?,18+,19?,20+,21?,24-,25+;15-,16?,17-,18?,19-,20?,22+,23-/m101/s1. The third-order valence-electron chi connectivity index (χ3n) is 28.8. The molecule has 12 aliphatic rings. The van der Waals surface area contributed by atoms with Gasteiger partial charge in [0.25, 0.3) is 0 Å². The number of ether oxygens (including phenoxy) is 4. The third-order valence-corrected chi connectivity index (χ3v) is 28.8. The summed E-state index contributed by atoms with van der Waals surface area (Å²) in [5, 5.41) is 19.6. The number of fused-ring (bicyclic) bond motifs is 15. The summed E-state index contributed by atoms with van der Waals surface area (Å²) in [6.07, 6.45) is 38.6. The van der Waals surface area contributed by atoms with Gasteiger partial charge in [0.2, 0.25) is 0 Å². The lowest BCUT2D eigenvalue weighted by atomic mass is 9.48. The van der Waals surface area contributed by atoms with Crippen LogP contribution in [0.5, 0.6) is 0 Å². The van der Waals surface area contributed by atoms with Crippen molar-refractivity contribution in [2.75, 3.05) is 20.3 Å². The number of hydrogen-bond donors (Lipinski definition) is 2. The van der Waals surface area contributed by atoms with Crippen LogP contribution in [0.25, 0.3) is 0 Å². The molecule has 0 radical (unpaired) electrons. The predicted molar refractivity (Wildman–Crippen MR) is 335 cm³/mol. The molecule has 12 aliphatic carbocycles. The van der Waals surface area contributed by atoms with Crippen molar-refractivity contribution < 1.29 is 48.3 Å². The van der Waals surface area contributed by atoms with E-state index in [0.29, 0.717) is 82.2 Å². The molecule has 0 saturated heterocycles. The molecule has 9 saturated carbocycles. The Morgan fingerprint density at radius 2 is 0.894 bits per heavy atom. The summed E-state index contributed by atoms with van der Waals surface area (Å²) in [7, 11) is 1.51. The van der Waals surface area contributed by atoms with E-state index in [4.69, 9.17) is 18.9 Å². The zero-order valence-corrected chi connectivity index (χ0v) is 55.6. The van der Waals surface area contributed by atoms with Gasteiger partial charge in [0.15, 0.2) is 0 Å². The predicted octanol–water partition coefficient (Wildman–Crippen LogP) is 16.3. The second kappa shape index (κ2) is 25.4. The molecule has 0 aromatic carbocycles. The van der Waals surface area contributed by atoms with Crippen LogP contribution in [-0.4, -0.2) is 72.7 Å². The first-order valence-corrected chi connectivity index (χ1v) is 35.2. The van der Waals surface area contributed by atoms with Gasteiger partial charge in [-0.3, -0.25) is 19.2 Å². The number of esters is 4. The third kappa shape index (κ3) is 11.9. The van der Waals surface area contributed by atoms with E-state index < -0.39 is 0 Å². The van der Waals surface area contributed by atoms with Gasteiger partial charge in [0, 0.05) is 27.4 Å². The Kier molecular flexibility index (Phi) is 19.4. The molecule has 478 valence electrons. The van der Waals surface area contributed by atoms with Crippen molar-refractivity contribution in [2.45, 2.75) is 268 Å². The normalized spacial score (nSPS) is 45.5. The maximum atomic E-state index is 12.3. The van der Waals surface area contributed by atoms with Crippen LogP contribution in [0.4, 0.5) is 0 Å². The molecule has 0 aromatic heterocycles. The van der Waals surface area contributed by atoms with E-state index in [2.05, 4.69) is 80.5 Å². The first kappa shape index (κ1) is 65.0.